The first kappa shape index (κ1) is 13.5. The van der Waals surface area contributed by atoms with Crippen molar-refractivity contribution in [1.29, 1.82) is 0 Å². The Bertz CT molecular complexity index is 366. The average Bonchev–Trinajstić information content (AvgIpc) is 2.32. The Morgan fingerprint density at radius 1 is 1.35 bits per heavy atom. The summed E-state index contributed by atoms with van der Waals surface area (Å²) in [5.74, 6) is -0.198. The molecule has 3 heteroatoms. The van der Waals surface area contributed by atoms with Crippen LogP contribution in [0.2, 0.25) is 0 Å². The van der Waals surface area contributed by atoms with Crippen molar-refractivity contribution in [3.05, 3.63) is 41.5 Å². The van der Waals surface area contributed by atoms with Crippen LogP contribution in [0.3, 0.4) is 0 Å². The van der Waals surface area contributed by atoms with Gasteiger partial charge in [0.1, 0.15) is 0 Å². The molecule has 0 spiro atoms. The van der Waals surface area contributed by atoms with E-state index in [0.717, 1.165) is 11.1 Å². The third-order valence-corrected chi connectivity index (χ3v) is 2.24. The molecule has 0 radical (unpaired) electrons. The van der Waals surface area contributed by atoms with Crippen LogP contribution in [-0.4, -0.2) is 24.3 Å². The SMILES string of the molecule is CCOC(=O)Cc1ccc(C=CCCO)cc1. The fraction of sp³-hybridized carbons (Fsp3) is 0.357. The Balaban J connectivity index is 2.52. The molecule has 0 aliphatic heterocycles. The number of esters is 1. The monoisotopic (exact) mass is 234 g/mol. The summed E-state index contributed by atoms with van der Waals surface area (Å²) >= 11 is 0. The summed E-state index contributed by atoms with van der Waals surface area (Å²) in [6, 6.07) is 7.72. The summed E-state index contributed by atoms with van der Waals surface area (Å²) < 4.78 is 4.87. The van der Waals surface area contributed by atoms with Gasteiger partial charge in [0.05, 0.1) is 13.0 Å². The van der Waals surface area contributed by atoms with E-state index in [4.69, 9.17) is 9.84 Å². The molecule has 0 aliphatic carbocycles. The van der Waals surface area contributed by atoms with Crippen LogP contribution in [0, 0.1) is 0 Å². The first-order chi connectivity index (χ1) is 8.26. The van der Waals surface area contributed by atoms with Crippen molar-refractivity contribution in [2.45, 2.75) is 19.8 Å². The van der Waals surface area contributed by atoms with Crippen molar-refractivity contribution in [3.8, 4) is 0 Å². The number of carbonyl (C=O) groups excluding carboxylic acids is 1. The molecule has 0 amide bonds. The van der Waals surface area contributed by atoms with E-state index in [1.54, 1.807) is 6.92 Å². The van der Waals surface area contributed by atoms with Gasteiger partial charge in [-0.3, -0.25) is 4.79 Å². The maximum atomic E-state index is 11.2. The van der Waals surface area contributed by atoms with Crippen LogP contribution < -0.4 is 0 Å². The highest BCUT2D eigenvalue weighted by atomic mass is 16.5. The summed E-state index contributed by atoms with van der Waals surface area (Å²) in [5, 5.41) is 8.64. The van der Waals surface area contributed by atoms with E-state index in [9.17, 15) is 4.79 Å². The van der Waals surface area contributed by atoms with Crippen molar-refractivity contribution in [2.24, 2.45) is 0 Å². The number of aliphatic hydroxyl groups excluding tert-OH is 1. The predicted molar refractivity (Wildman–Crippen MR) is 67.5 cm³/mol. The third-order valence-electron chi connectivity index (χ3n) is 2.24. The van der Waals surface area contributed by atoms with Crippen molar-refractivity contribution in [2.75, 3.05) is 13.2 Å². The second kappa shape index (κ2) is 7.63. The lowest BCUT2D eigenvalue weighted by Crippen LogP contribution is -2.07. The highest BCUT2D eigenvalue weighted by Gasteiger charge is 2.02. The van der Waals surface area contributed by atoms with E-state index in [1.807, 2.05) is 36.4 Å². The number of carbonyl (C=O) groups is 1. The quantitative estimate of drug-likeness (QED) is 0.767. The van der Waals surface area contributed by atoms with Crippen LogP contribution in [0.5, 0.6) is 0 Å². The number of aliphatic hydroxyl groups is 1. The molecule has 1 N–H and O–H groups in total. The van der Waals surface area contributed by atoms with Gasteiger partial charge in [0.25, 0.3) is 0 Å². The predicted octanol–water partition coefficient (Wildman–Crippen LogP) is 2.19. The Hall–Kier alpha value is -1.61. The van der Waals surface area contributed by atoms with Crippen LogP contribution >= 0.6 is 0 Å². The molecule has 0 heterocycles. The molecule has 0 atom stereocenters. The van der Waals surface area contributed by atoms with E-state index in [-0.39, 0.29) is 12.6 Å². The van der Waals surface area contributed by atoms with Gasteiger partial charge in [0.2, 0.25) is 0 Å². The molecule has 0 fully saturated rings. The fourth-order valence-corrected chi connectivity index (χ4v) is 1.42. The molecule has 0 bridgehead atoms. The first-order valence-electron chi connectivity index (χ1n) is 5.78. The molecule has 0 aromatic heterocycles. The molecular weight excluding hydrogens is 216 g/mol. The topological polar surface area (TPSA) is 46.5 Å². The van der Waals surface area contributed by atoms with Crippen molar-refractivity contribution in [1.82, 2.24) is 0 Å². The van der Waals surface area contributed by atoms with E-state index < -0.39 is 0 Å². The van der Waals surface area contributed by atoms with E-state index in [0.29, 0.717) is 19.4 Å². The molecule has 0 aliphatic rings. The van der Waals surface area contributed by atoms with Gasteiger partial charge in [-0.25, -0.2) is 0 Å². The molecule has 0 saturated heterocycles. The lowest BCUT2D eigenvalue weighted by atomic mass is 10.1. The Labute approximate surface area is 102 Å². The molecule has 1 aromatic carbocycles. The Morgan fingerprint density at radius 2 is 2.06 bits per heavy atom. The average molecular weight is 234 g/mol. The second-order valence-corrected chi connectivity index (χ2v) is 3.64. The largest absolute Gasteiger partial charge is 0.466 e. The smallest absolute Gasteiger partial charge is 0.310 e. The van der Waals surface area contributed by atoms with E-state index >= 15 is 0 Å². The van der Waals surface area contributed by atoms with Gasteiger partial charge in [0.15, 0.2) is 0 Å². The normalized spacial score (nSPS) is 10.7. The number of rotatable bonds is 6. The summed E-state index contributed by atoms with van der Waals surface area (Å²) in [7, 11) is 0. The number of hydrogen-bond acceptors (Lipinski definition) is 3. The maximum Gasteiger partial charge on any atom is 0.310 e. The lowest BCUT2D eigenvalue weighted by Gasteiger charge is -2.02. The first-order valence-corrected chi connectivity index (χ1v) is 5.78. The molecular formula is C14H18O3. The van der Waals surface area contributed by atoms with Crippen LogP contribution in [0.4, 0.5) is 0 Å². The highest BCUT2D eigenvalue weighted by molar-refractivity contribution is 5.72. The van der Waals surface area contributed by atoms with E-state index in [2.05, 4.69) is 0 Å². The van der Waals surface area contributed by atoms with Gasteiger partial charge < -0.3 is 9.84 Å². The van der Waals surface area contributed by atoms with Gasteiger partial charge in [-0.1, -0.05) is 36.4 Å². The molecule has 0 unspecified atom stereocenters. The minimum absolute atomic E-state index is 0.164. The van der Waals surface area contributed by atoms with Crippen molar-refractivity contribution in [3.63, 3.8) is 0 Å². The van der Waals surface area contributed by atoms with Gasteiger partial charge in [-0.15, -0.1) is 0 Å². The van der Waals surface area contributed by atoms with Crippen LogP contribution in [0.1, 0.15) is 24.5 Å². The second-order valence-electron chi connectivity index (χ2n) is 3.64. The minimum Gasteiger partial charge on any atom is -0.466 e. The third kappa shape index (κ3) is 5.31. The number of benzene rings is 1. The van der Waals surface area contributed by atoms with Gasteiger partial charge >= 0.3 is 5.97 Å². The van der Waals surface area contributed by atoms with Crippen LogP contribution in [-0.2, 0) is 16.0 Å². The molecule has 17 heavy (non-hydrogen) atoms. The Morgan fingerprint density at radius 3 is 2.65 bits per heavy atom. The molecule has 1 aromatic rings. The zero-order valence-corrected chi connectivity index (χ0v) is 10.1. The van der Waals surface area contributed by atoms with Crippen LogP contribution in [0.25, 0.3) is 6.08 Å². The van der Waals surface area contributed by atoms with Crippen molar-refractivity contribution >= 4 is 12.0 Å². The summed E-state index contributed by atoms with van der Waals surface area (Å²) in [6.45, 7) is 2.38. The van der Waals surface area contributed by atoms with Gasteiger partial charge in [-0.05, 0) is 24.5 Å². The standard InChI is InChI=1S/C14H18O3/c1-2-17-14(16)11-13-8-6-12(7-9-13)5-3-4-10-15/h3,5-9,15H,2,4,10-11H2,1H3. The van der Waals surface area contributed by atoms with E-state index in [1.165, 1.54) is 0 Å². The lowest BCUT2D eigenvalue weighted by molar-refractivity contribution is -0.142. The van der Waals surface area contributed by atoms with Gasteiger partial charge in [0, 0.05) is 6.61 Å². The zero-order chi connectivity index (χ0) is 12.5. The molecule has 3 nitrogen and oxygen atoms in total. The Kier molecular flexibility index (Phi) is 6.04. The van der Waals surface area contributed by atoms with Gasteiger partial charge in [-0.2, -0.15) is 0 Å². The van der Waals surface area contributed by atoms with Crippen molar-refractivity contribution < 1.29 is 14.6 Å². The molecule has 92 valence electrons. The fourth-order valence-electron chi connectivity index (χ4n) is 1.42. The number of hydrogen-bond donors (Lipinski definition) is 1. The van der Waals surface area contributed by atoms with Crippen LogP contribution in [0.15, 0.2) is 30.3 Å². The maximum absolute atomic E-state index is 11.2. The summed E-state index contributed by atoms with van der Waals surface area (Å²) in [4.78, 5) is 11.2. The molecule has 0 saturated carbocycles. The minimum atomic E-state index is -0.198. The highest BCUT2D eigenvalue weighted by Crippen LogP contribution is 2.08. The zero-order valence-electron chi connectivity index (χ0n) is 10.1. The molecule has 1 rings (SSSR count). The summed E-state index contributed by atoms with van der Waals surface area (Å²) in [5.41, 5.74) is 2.01. The number of ether oxygens (including phenoxy) is 1. The summed E-state index contributed by atoms with van der Waals surface area (Å²) in [6.07, 6.45) is 4.84.